The molecule has 0 saturated carbocycles. The Morgan fingerprint density at radius 2 is 1.69 bits per heavy atom. The molecule has 1 N–H and O–H groups in total. The lowest BCUT2D eigenvalue weighted by atomic mass is 10.1. The number of hydrogen-bond acceptors (Lipinski definition) is 6. The lowest BCUT2D eigenvalue weighted by molar-refractivity contribution is -0.148. The number of piperidine rings is 1. The van der Waals surface area contributed by atoms with Gasteiger partial charge in [0.25, 0.3) is 0 Å². The molecule has 0 unspecified atom stereocenters. The van der Waals surface area contributed by atoms with Crippen LogP contribution >= 0.6 is 12.4 Å². The number of phenolic OH excluding ortho intramolecular Hbond substituents is 1. The van der Waals surface area contributed by atoms with Crippen molar-refractivity contribution >= 4 is 29.9 Å². The van der Waals surface area contributed by atoms with Crippen molar-refractivity contribution in [3.8, 4) is 11.5 Å². The number of amides is 2. The summed E-state index contributed by atoms with van der Waals surface area (Å²) < 4.78 is 5.87. The van der Waals surface area contributed by atoms with Crippen molar-refractivity contribution in [1.82, 2.24) is 9.80 Å². The van der Waals surface area contributed by atoms with E-state index < -0.39 is 0 Å². The first kappa shape index (κ1) is 23.3. The molecular formula is C21H32ClN3O4. The van der Waals surface area contributed by atoms with Gasteiger partial charge in [0.15, 0.2) is 0 Å². The fraction of sp³-hybridized carbons (Fsp3) is 0.619. The largest absolute Gasteiger partial charge is 0.506 e. The van der Waals surface area contributed by atoms with Crippen LogP contribution in [-0.4, -0.2) is 72.1 Å². The summed E-state index contributed by atoms with van der Waals surface area (Å²) in [5, 5.41) is 10.4. The van der Waals surface area contributed by atoms with Crippen molar-refractivity contribution < 1.29 is 19.4 Å². The van der Waals surface area contributed by atoms with Crippen LogP contribution in [0.4, 0.5) is 5.69 Å². The van der Waals surface area contributed by atoms with Gasteiger partial charge in [-0.3, -0.25) is 19.4 Å². The monoisotopic (exact) mass is 425 g/mol. The summed E-state index contributed by atoms with van der Waals surface area (Å²) in [7, 11) is 0. The first-order chi connectivity index (χ1) is 13.5. The highest BCUT2D eigenvalue weighted by molar-refractivity contribution is 5.97. The molecule has 7 nitrogen and oxygen atoms in total. The molecule has 2 aliphatic rings. The zero-order valence-corrected chi connectivity index (χ0v) is 18.1. The standard InChI is InChI=1S/C21H31N3O4.ClH/c1-16(2)28-18-7-3-6-17(25)21(18)23-14-12-22(13-15-23)10-5-11-24-19(26)8-4-9-20(24)27;/h3,6-7,16,25H,4-5,8-15H2,1-2H3;1H. The molecule has 2 fully saturated rings. The third kappa shape index (κ3) is 6.00. The minimum Gasteiger partial charge on any atom is -0.506 e. The number of halogens is 1. The second-order valence-electron chi connectivity index (χ2n) is 7.77. The van der Waals surface area contributed by atoms with Gasteiger partial charge >= 0.3 is 0 Å². The van der Waals surface area contributed by atoms with Gasteiger partial charge in [-0.1, -0.05) is 6.07 Å². The van der Waals surface area contributed by atoms with Crippen LogP contribution < -0.4 is 9.64 Å². The van der Waals surface area contributed by atoms with Crippen LogP contribution in [0.25, 0.3) is 0 Å². The number of phenols is 1. The molecule has 29 heavy (non-hydrogen) atoms. The van der Waals surface area contributed by atoms with Crippen molar-refractivity contribution in [3.05, 3.63) is 18.2 Å². The minimum absolute atomic E-state index is 0. The van der Waals surface area contributed by atoms with E-state index in [1.54, 1.807) is 12.1 Å². The van der Waals surface area contributed by atoms with Gasteiger partial charge in [0, 0.05) is 45.6 Å². The predicted octanol–water partition coefficient (Wildman–Crippen LogP) is 2.65. The molecule has 0 atom stereocenters. The van der Waals surface area contributed by atoms with Gasteiger partial charge in [0.2, 0.25) is 11.8 Å². The third-order valence-corrected chi connectivity index (χ3v) is 5.27. The first-order valence-electron chi connectivity index (χ1n) is 10.2. The molecule has 0 bridgehead atoms. The number of ether oxygens (including phenoxy) is 1. The Morgan fingerprint density at radius 3 is 2.31 bits per heavy atom. The van der Waals surface area contributed by atoms with Crippen LogP contribution in [0, 0.1) is 0 Å². The summed E-state index contributed by atoms with van der Waals surface area (Å²) in [6.07, 6.45) is 2.51. The number of carbonyl (C=O) groups excluding carboxylic acids is 2. The molecule has 3 rings (SSSR count). The summed E-state index contributed by atoms with van der Waals surface area (Å²) in [5.41, 5.74) is 0.764. The van der Waals surface area contributed by atoms with Gasteiger partial charge in [-0.15, -0.1) is 12.4 Å². The van der Waals surface area contributed by atoms with Gasteiger partial charge in [0.05, 0.1) is 6.10 Å². The zero-order chi connectivity index (χ0) is 20.1. The summed E-state index contributed by atoms with van der Waals surface area (Å²) in [6.45, 7) is 8.67. The Bertz CT molecular complexity index is 689. The number of likely N-dealkylation sites (tertiary alicyclic amines) is 1. The lowest BCUT2D eigenvalue weighted by Gasteiger charge is -2.37. The van der Waals surface area contributed by atoms with E-state index in [1.807, 2.05) is 19.9 Å². The Hall–Kier alpha value is -1.99. The number of benzene rings is 1. The Labute approximate surface area is 179 Å². The number of anilines is 1. The summed E-state index contributed by atoms with van der Waals surface area (Å²) in [6, 6.07) is 5.39. The number of carbonyl (C=O) groups is 2. The molecule has 8 heteroatoms. The summed E-state index contributed by atoms with van der Waals surface area (Å²) >= 11 is 0. The first-order valence-corrected chi connectivity index (χ1v) is 10.2. The van der Waals surface area contributed by atoms with Gasteiger partial charge in [0.1, 0.15) is 17.2 Å². The van der Waals surface area contributed by atoms with E-state index in [-0.39, 0.29) is 36.1 Å². The van der Waals surface area contributed by atoms with Gasteiger partial charge in [-0.05, 0) is 45.4 Å². The Kier molecular flexibility index (Phi) is 8.59. The molecule has 0 aliphatic carbocycles. The van der Waals surface area contributed by atoms with E-state index in [9.17, 15) is 14.7 Å². The van der Waals surface area contributed by atoms with Crippen molar-refractivity contribution in [2.45, 2.75) is 45.6 Å². The molecule has 1 aromatic carbocycles. The Balaban J connectivity index is 0.00000300. The average molecular weight is 426 g/mol. The van der Waals surface area contributed by atoms with Crippen molar-refractivity contribution in [2.24, 2.45) is 0 Å². The maximum absolute atomic E-state index is 11.9. The van der Waals surface area contributed by atoms with Crippen molar-refractivity contribution in [1.29, 1.82) is 0 Å². The van der Waals surface area contributed by atoms with Crippen LogP contribution in [0.2, 0.25) is 0 Å². The van der Waals surface area contributed by atoms with Gasteiger partial charge < -0.3 is 14.7 Å². The molecule has 2 aliphatic heterocycles. The molecule has 2 heterocycles. The normalized spacial score (nSPS) is 18.2. The second kappa shape index (κ2) is 10.7. The maximum atomic E-state index is 11.9. The molecule has 1 aromatic rings. The number of hydrogen-bond donors (Lipinski definition) is 1. The summed E-state index contributed by atoms with van der Waals surface area (Å²) in [5.74, 6) is 0.899. The smallest absolute Gasteiger partial charge is 0.229 e. The van der Waals surface area contributed by atoms with Crippen LogP contribution in [-0.2, 0) is 9.59 Å². The maximum Gasteiger partial charge on any atom is 0.229 e. The number of para-hydroxylation sites is 1. The lowest BCUT2D eigenvalue weighted by Crippen LogP contribution is -2.47. The van der Waals surface area contributed by atoms with Crippen LogP contribution in [0.15, 0.2) is 18.2 Å². The number of imide groups is 1. The molecule has 0 spiro atoms. The quantitative estimate of drug-likeness (QED) is 0.677. The van der Waals surface area contributed by atoms with Crippen LogP contribution in [0.1, 0.15) is 39.5 Å². The topological polar surface area (TPSA) is 73.3 Å². The van der Waals surface area contributed by atoms with Crippen molar-refractivity contribution in [3.63, 3.8) is 0 Å². The van der Waals surface area contributed by atoms with E-state index in [0.29, 0.717) is 31.6 Å². The molecule has 0 aromatic heterocycles. The highest BCUT2D eigenvalue weighted by Gasteiger charge is 2.26. The number of nitrogens with zero attached hydrogens (tertiary/aromatic N) is 3. The summed E-state index contributed by atoms with van der Waals surface area (Å²) in [4.78, 5) is 29.7. The average Bonchev–Trinajstić information content (AvgIpc) is 2.65. The van der Waals surface area contributed by atoms with Crippen LogP contribution in [0.5, 0.6) is 11.5 Å². The van der Waals surface area contributed by atoms with E-state index in [0.717, 1.165) is 44.8 Å². The van der Waals surface area contributed by atoms with E-state index in [4.69, 9.17) is 4.74 Å². The van der Waals surface area contributed by atoms with E-state index in [2.05, 4.69) is 9.80 Å². The number of aromatic hydroxyl groups is 1. The number of piperazine rings is 1. The predicted molar refractivity (Wildman–Crippen MR) is 115 cm³/mol. The highest BCUT2D eigenvalue weighted by Crippen LogP contribution is 2.38. The Morgan fingerprint density at radius 1 is 1.03 bits per heavy atom. The molecule has 162 valence electrons. The zero-order valence-electron chi connectivity index (χ0n) is 17.3. The van der Waals surface area contributed by atoms with E-state index >= 15 is 0 Å². The highest BCUT2D eigenvalue weighted by atomic mass is 35.5. The molecule has 2 saturated heterocycles. The molecule has 0 radical (unpaired) electrons. The van der Waals surface area contributed by atoms with Gasteiger partial charge in [-0.25, -0.2) is 0 Å². The van der Waals surface area contributed by atoms with Crippen LogP contribution in [0.3, 0.4) is 0 Å². The fourth-order valence-electron chi connectivity index (χ4n) is 3.87. The fourth-order valence-corrected chi connectivity index (χ4v) is 3.87. The van der Waals surface area contributed by atoms with Gasteiger partial charge in [-0.2, -0.15) is 0 Å². The second-order valence-corrected chi connectivity index (χ2v) is 7.77. The molecular weight excluding hydrogens is 394 g/mol. The minimum atomic E-state index is -0.0293. The SMILES string of the molecule is CC(C)Oc1cccc(O)c1N1CCN(CCCN2C(=O)CCCC2=O)CC1.Cl. The third-order valence-electron chi connectivity index (χ3n) is 5.27. The number of rotatable bonds is 7. The van der Waals surface area contributed by atoms with Crippen molar-refractivity contribution in [2.75, 3.05) is 44.2 Å². The molecule has 2 amide bonds. The van der Waals surface area contributed by atoms with E-state index in [1.165, 1.54) is 4.90 Å².